The molecule has 2 atom stereocenters. The Morgan fingerprint density at radius 3 is 2.23 bits per heavy atom. The highest BCUT2D eigenvalue weighted by Gasteiger charge is 2.47. The normalized spacial score (nSPS) is 20.1. The summed E-state index contributed by atoms with van der Waals surface area (Å²) >= 11 is 0. The van der Waals surface area contributed by atoms with Gasteiger partial charge in [-0.2, -0.15) is 0 Å². The fourth-order valence-electron chi connectivity index (χ4n) is 1.70. The van der Waals surface area contributed by atoms with Gasteiger partial charge in [-0.3, -0.25) is 9.36 Å². The van der Waals surface area contributed by atoms with Crippen LogP contribution in [0.5, 0.6) is 0 Å². The van der Waals surface area contributed by atoms with Gasteiger partial charge < -0.3 is 18.9 Å². The molecule has 0 aromatic rings. The number of epoxide rings is 1. The Balaban J connectivity index is 2.63. The van der Waals surface area contributed by atoms with Gasteiger partial charge in [0.2, 0.25) is 0 Å². The molecule has 0 aliphatic carbocycles. The van der Waals surface area contributed by atoms with Crippen LogP contribution in [0.4, 0.5) is 0 Å². The summed E-state index contributed by atoms with van der Waals surface area (Å²) in [5.41, 5.74) is 0. The van der Waals surface area contributed by atoms with E-state index >= 15 is 0 Å². The summed E-state index contributed by atoms with van der Waals surface area (Å²) in [6.45, 7) is 7.33. The Labute approximate surface area is 134 Å². The van der Waals surface area contributed by atoms with Crippen molar-refractivity contribution in [2.75, 3.05) is 26.4 Å². The lowest BCUT2D eigenvalue weighted by Gasteiger charge is -2.29. The van der Waals surface area contributed by atoms with E-state index in [-0.39, 0.29) is 21.2 Å². The van der Waals surface area contributed by atoms with E-state index in [1.54, 1.807) is 6.92 Å². The molecule has 0 bridgehead atoms. The van der Waals surface area contributed by atoms with Crippen LogP contribution in [0.1, 0.15) is 46.5 Å². The van der Waals surface area contributed by atoms with E-state index in [4.69, 9.17) is 18.9 Å². The third-order valence-corrected chi connectivity index (χ3v) is 4.17. The Hall–Kier alpha value is -0.550. The van der Waals surface area contributed by atoms with Gasteiger partial charge in [-0.15, -0.1) is 0 Å². The molecule has 1 rings (SSSR count). The second-order valence-corrected chi connectivity index (χ2v) is 6.68. The van der Waals surface area contributed by atoms with Gasteiger partial charge in [-0.1, -0.05) is 26.7 Å². The maximum Gasteiger partial charge on any atom is 0.328 e. The number of esters is 1. The minimum Gasteiger partial charge on any atom is -0.462 e. The Morgan fingerprint density at radius 2 is 1.82 bits per heavy atom. The highest BCUT2D eigenvalue weighted by molar-refractivity contribution is 7.27. The van der Waals surface area contributed by atoms with E-state index in [1.807, 2.05) is 13.8 Å². The average molecular weight is 334 g/mol. The van der Waals surface area contributed by atoms with Crippen LogP contribution in [0.3, 0.4) is 0 Å². The highest BCUT2D eigenvalue weighted by Crippen LogP contribution is 2.32. The lowest BCUT2D eigenvalue weighted by Crippen LogP contribution is -2.47. The van der Waals surface area contributed by atoms with Crippen molar-refractivity contribution in [3.8, 4) is 0 Å². The molecular weight excluding hydrogens is 307 g/mol. The maximum atomic E-state index is 12.3. The van der Waals surface area contributed by atoms with Gasteiger partial charge in [0.1, 0.15) is 12.7 Å². The Morgan fingerprint density at radius 1 is 1.27 bits per heavy atom. The number of carbonyl (C=O) groups is 1. The summed E-state index contributed by atoms with van der Waals surface area (Å²) < 4.78 is 33.2. The van der Waals surface area contributed by atoms with Gasteiger partial charge in [-0.25, -0.2) is 0 Å². The molecule has 0 spiro atoms. The number of unbranched alkanes of at least 4 members (excludes halogenated alkanes) is 2. The number of rotatable bonds is 13. The minimum absolute atomic E-state index is 0.0306. The van der Waals surface area contributed by atoms with E-state index in [2.05, 4.69) is 0 Å². The second kappa shape index (κ2) is 10.3. The summed E-state index contributed by atoms with van der Waals surface area (Å²) in [6.07, 6.45) is 2.73. The molecule has 0 N–H and O–H groups in total. The zero-order valence-corrected chi connectivity index (χ0v) is 14.6. The van der Waals surface area contributed by atoms with Crippen LogP contribution in [0.25, 0.3) is 0 Å². The first kappa shape index (κ1) is 19.5. The molecule has 0 aromatic heterocycles. The van der Waals surface area contributed by atoms with Crippen molar-refractivity contribution >= 4 is 14.4 Å². The fourth-order valence-corrected chi connectivity index (χ4v) is 2.07. The van der Waals surface area contributed by atoms with Gasteiger partial charge in [0.15, 0.2) is 19.9 Å². The van der Waals surface area contributed by atoms with Gasteiger partial charge in [-0.05, 0) is 19.8 Å². The van der Waals surface area contributed by atoms with Gasteiger partial charge in [0.05, 0.1) is 6.61 Å². The van der Waals surface area contributed by atoms with Crippen LogP contribution in [0.15, 0.2) is 0 Å². The Kier molecular flexibility index (Phi) is 9.10. The molecule has 0 aromatic carbocycles. The van der Waals surface area contributed by atoms with Crippen LogP contribution in [-0.4, -0.2) is 49.9 Å². The topological polar surface area (TPSA) is 74.4 Å². The first-order valence-corrected chi connectivity index (χ1v) is 8.76. The van der Waals surface area contributed by atoms with Crippen LogP contribution in [-0.2, 0) is 28.3 Å². The van der Waals surface area contributed by atoms with E-state index in [1.165, 1.54) is 0 Å². The molecule has 6 nitrogen and oxygen atoms in total. The predicted molar refractivity (Wildman–Crippen MR) is 82.2 cm³/mol. The smallest absolute Gasteiger partial charge is 0.328 e. The summed E-state index contributed by atoms with van der Waals surface area (Å²) in [5, 5.41) is -1.36. The van der Waals surface area contributed by atoms with Crippen LogP contribution in [0.2, 0.25) is 0 Å². The van der Waals surface area contributed by atoms with Crippen LogP contribution < -0.4 is 0 Å². The summed E-state index contributed by atoms with van der Waals surface area (Å²) in [6, 6.07) is 0. The van der Waals surface area contributed by atoms with Crippen molar-refractivity contribution in [2.24, 2.45) is 0 Å². The van der Waals surface area contributed by atoms with E-state index in [0.29, 0.717) is 19.8 Å². The van der Waals surface area contributed by atoms with Gasteiger partial charge in [0, 0.05) is 13.2 Å². The number of ether oxygens (including phenoxy) is 4. The standard InChI is InChI=1S/C15H27O6P/c1-4-6-8-18-14(19-9-7-5-2)15(3,22-17)13(16)21-11-12-10-20-12/h12,14H,4-11H2,1-3H3. The SMILES string of the molecule is CCCCOC(OCCCC)C(C)(P=O)C(=O)OCC1CO1. The van der Waals surface area contributed by atoms with Crippen molar-refractivity contribution in [2.45, 2.75) is 64.0 Å². The third-order valence-electron chi connectivity index (χ3n) is 3.40. The molecule has 22 heavy (non-hydrogen) atoms. The quantitative estimate of drug-likeness (QED) is 0.169. The lowest BCUT2D eigenvalue weighted by molar-refractivity contribution is -0.183. The van der Waals surface area contributed by atoms with Crippen LogP contribution >= 0.6 is 8.46 Å². The van der Waals surface area contributed by atoms with Gasteiger partial charge >= 0.3 is 5.97 Å². The number of carbonyl (C=O) groups excluding carboxylic acids is 1. The predicted octanol–water partition coefficient (Wildman–Crippen LogP) is 2.94. The van der Waals surface area contributed by atoms with E-state index < -0.39 is 17.4 Å². The molecule has 1 fully saturated rings. The monoisotopic (exact) mass is 334 g/mol. The average Bonchev–Trinajstić information content (AvgIpc) is 3.35. The second-order valence-electron chi connectivity index (χ2n) is 5.57. The summed E-state index contributed by atoms with van der Waals surface area (Å²) in [7, 11) is -0.372. The van der Waals surface area contributed by atoms with Crippen molar-refractivity contribution in [1.29, 1.82) is 0 Å². The molecule has 0 radical (unpaired) electrons. The maximum absolute atomic E-state index is 12.3. The van der Waals surface area contributed by atoms with E-state index in [0.717, 1.165) is 25.7 Å². The molecule has 7 heteroatoms. The fraction of sp³-hybridized carbons (Fsp3) is 0.933. The molecule has 0 amide bonds. The number of hydrogen-bond acceptors (Lipinski definition) is 6. The summed E-state index contributed by atoms with van der Waals surface area (Å²) in [5.74, 6) is -0.585. The molecule has 1 aliphatic rings. The highest BCUT2D eigenvalue weighted by atomic mass is 31.1. The molecule has 2 unspecified atom stereocenters. The van der Waals surface area contributed by atoms with Crippen LogP contribution in [0, 0.1) is 0 Å². The van der Waals surface area contributed by atoms with Crippen molar-refractivity contribution in [3.63, 3.8) is 0 Å². The molecule has 128 valence electrons. The van der Waals surface area contributed by atoms with Crippen molar-refractivity contribution in [1.82, 2.24) is 0 Å². The first-order valence-electron chi connectivity index (χ1n) is 7.95. The zero-order valence-electron chi connectivity index (χ0n) is 13.7. The minimum atomic E-state index is -1.36. The molecule has 1 heterocycles. The molecule has 0 saturated carbocycles. The van der Waals surface area contributed by atoms with Crippen molar-refractivity contribution in [3.05, 3.63) is 0 Å². The first-order chi connectivity index (χ1) is 10.6. The largest absolute Gasteiger partial charge is 0.462 e. The zero-order chi connectivity index (χ0) is 16.4. The number of hydrogen-bond donors (Lipinski definition) is 0. The molecular formula is C15H27O6P. The third kappa shape index (κ3) is 6.29. The molecule has 1 aliphatic heterocycles. The molecule has 1 saturated heterocycles. The summed E-state index contributed by atoms with van der Waals surface area (Å²) in [4.78, 5) is 12.3. The lowest BCUT2D eigenvalue weighted by atomic mass is 10.1. The Bertz CT molecular complexity index is 337. The van der Waals surface area contributed by atoms with E-state index in [9.17, 15) is 9.36 Å². The van der Waals surface area contributed by atoms with Gasteiger partial charge in [0.25, 0.3) is 0 Å². The van der Waals surface area contributed by atoms with Crippen molar-refractivity contribution < 1.29 is 28.3 Å².